The summed E-state index contributed by atoms with van der Waals surface area (Å²) >= 11 is 0. The van der Waals surface area contributed by atoms with Crippen molar-refractivity contribution in [2.24, 2.45) is 0 Å². The average molecular weight is 362 g/mol. The molecule has 0 radical (unpaired) electrons. The highest BCUT2D eigenvalue weighted by Crippen LogP contribution is 2.19. The van der Waals surface area contributed by atoms with Crippen LogP contribution in [0, 0.1) is 0 Å². The lowest BCUT2D eigenvalue weighted by Crippen LogP contribution is -2.51. The van der Waals surface area contributed by atoms with Crippen molar-refractivity contribution >= 4 is 23.5 Å². The smallest absolute Gasteiger partial charge is 0.334 e. The molecule has 2 aliphatic heterocycles. The van der Waals surface area contributed by atoms with Crippen LogP contribution < -0.4 is 5.32 Å². The lowest BCUT2D eigenvalue weighted by molar-refractivity contribution is -0.160. The van der Waals surface area contributed by atoms with E-state index in [2.05, 4.69) is 5.32 Å². The number of hydrogen-bond donors (Lipinski definition) is 2. The number of ether oxygens (including phenoxy) is 2. The molecule has 0 spiro atoms. The molecule has 26 heavy (non-hydrogen) atoms. The van der Waals surface area contributed by atoms with Gasteiger partial charge in [0.05, 0.1) is 12.6 Å². The van der Waals surface area contributed by atoms with E-state index in [9.17, 15) is 14.4 Å². The summed E-state index contributed by atoms with van der Waals surface area (Å²) in [4.78, 5) is 37.5. The van der Waals surface area contributed by atoms with E-state index >= 15 is 0 Å². The molecule has 1 aromatic carbocycles. The number of benzene rings is 1. The van der Waals surface area contributed by atoms with Gasteiger partial charge in [0.1, 0.15) is 6.10 Å². The zero-order chi connectivity index (χ0) is 18.7. The largest absolute Gasteiger partial charge is 0.479 e. The van der Waals surface area contributed by atoms with E-state index in [1.165, 1.54) is 4.90 Å². The van der Waals surface area contributed by atoms with Gasteiger partial charge < -0.3 is 24.8 Å². The van der Waals surface area contributed by atoms with E-state index in [0.717, 1.165) is 6.42 Å². The third-order valence-corrected chi connectivity index (χ3v) is 4.42. The van der Waals surface area contributed by atoms with Gasteiger partial charge in [-0.15, -0.1) is 0 Å². The molecule has 0 aromatic heterocycles. The highest BCUT2D eigenvalue weighted by molar-refractivity contribution is 5.98. The number of carboxylic acids is 1. The van der Waals surface area contributed by atoms with Crippen molar-refractivity contribution in [1.29, 1.82) is 0 Å². The van der Waals surface area contributed by atoms with Crippen LogP contribution in [0.5, 0.6) is 0 Å². The van der Waals surface area contributed by atoms with E-state index in [0.29, 0.717) is 30.8 Å². The molecule has 2 N–H and O–H groups in total. The molecule has 2 fully saturated rings. The van der Waals surface area contributed by atoms with Crippen LogP contribution in [0.4, 0.5) is 5.69 Å². The second kappa shape index (κ2) is 7.84. The standard InChI is InChI=1S/C18H22N2O6/c1-11-9-20(10-15(26-11)18(23)24)17(22)12-4-2-5-13(8-12)19-16(21)14-6-3-7-25-14/h2,4-5,8,11,14-15H,3,6-7,9-10H2,1H3,(H,19,21)(H,23,24)/t11-,14?,15?/m1/s1. The normalized spacial score (nSPS) is 25.7. The van der Waals surface area contributed by atoms with Gasteiger partial charge in [0.25, 0.3) is 11.8 Å². The zero-order valence-corrected chi connectivity index (χ0v) is 14.5. The number of nitrogens with one attached hydrogen (secondary N) is 1. The summed E-state index contributed by atoms with van der Waals surface area (Å²) in [6, 6.07) is 6.60. The molecule has 8 heteroatoms. The molecule has 0 saturated carbocycles. The molecule has 2 aliphatic rings. The first-order valence-electron chi connectivity index (χ1n) is 8.64. The average Bonchev–Trinajstić information content (AvgIpc) is 3.15. The van der Waals surface area contributed by atoms with Gasteiger partial charge in [-0.05, 0) is 38.0 Å². The molecule has 2 amide bonds. The summed E-state index contributed by atoms with van der Waals surface area (Å²) in [6.45, 7) is 2.62. The van der Waals surface area contributed by atoms with Gasteiger partial charge in [0.2, 0.25) is 0 Å². The highest BCUT2D eigenvalue weighted by atomic mass is 16.5. The van der Waals surface area contributed by atoms with Crippen molar-refractivity contribution in [1.82, 2.24) is 4.90 Å². The van der Waals surface area contributed by atoms with E-state index in [1.54, 1.807) is 31.2 Å². The minimum absolute atomic E-state index is 0.00892. The Kier molecular flexibility index (Phi) is 5.53. The van der Waals surface area contributed by atoms with E-state index < -0.39 is 18.2 Å². The third-order valence-electron chi connectivity index (χ3n) is 4.42. The fourth-order valence-electron chi connectivity index (χ4n) is 3.17. The van der Waals surface area contributed by atoms with Gasteiger partial charge in [-0.3, -0.25) is 9.59 Å². The topological polar surface area (TPSA) is 105 Å². The Morgan fingerprint density at radius 2 is 2.04 bits per heavy atom. The minimum atomic E-state index is -1.09. The van der Waals surface area contributed by atoms with Crippen molar-refractivity contribution in [2.45, 2.75) is 38.1 Å². The van der Waals surface area contributed by atoms with Crippen LogP contribution in [0.15, 0.2) is 24.3 Å². The number of carbonyl (C=O) groups excluding carboxylic acids is 2. The number of carbonyl (C=O) groups is 3. The Hall–Kier alpha value is -2.45. The third kappa shape index (κ3) is 4.20. The van der Waals surface area contributed by atoms with Gasteiger partial charge in [0.15, 0.2) is 6.10 Å². The maximum absolute atomic E-state index is 12.7. The summed E-state index contributed by atoms with van der Waals surface area (Å²) in [5.74, 6) is -1.61. The molecule has 2 unspecified atom stereocenters. The van der Waals surface area contributed by atoms with E-state index in [-0.39, 0.29) is 24.5 Å². The molecule has 0 bridgehead atoms. The quantitative estimate of drug-likeness (QED) is 0.832. The summed E-state index contributed by atoms with van der Waals surface area (Å²) in [7, 11) is 0. The van der Waals surface area contributed by atoms with Crippen LogP contribution in [0.3, 0.4) is 0 Å². The number of rotatable bonds is 4. The monoisotopic (exact) mass is 362 g/mol. The van der Waals surface area contributed by atoms with Gasteiger partial charge in [0, 0.05) is 24.4 Å². The summed E-state index contributed by atoms with van der Waals surface area (Å²) < 4.78 is 10.7. The van der Waals surface area contributed by atoms with Crippen LogP contribution in [0.2, 0.25) is 0 Å². The second-order valence-corrected chi connectivity index (χ2v) is 6.56. The molecule has 2 saturated heterocycles. The Balaban J connectivity index is 1.69. The van der Waals surface area contributed by atoms with Crippen molar-refractivity contribution in [3.05, 3.63) is 29.8 Å². The van der Waals surface area contributed by atoms with Crippen LogP contribution in [0.1, 0.15) is 30.1 Å². The van der Waals surface area contributed by atoms with Gasteiger partial charge >= 0.3 is 5.97 Å². The predicted molar refractivity (Wildman–Crippen MR) is 91.9 cm³/mol. The number of hydrogen-bond acceptors (Lipinski definition) is 5. The molecule has 0 aliphatic carbocycles. The first-order chi connectivity index (χ1) is 12.4. The summed E-state index contributed by atoms with van der Waals surface area (Å²) in [5.41, 5.74) is 0.890. The Morgan fingerprint density at radius 3 is 2.73 bits per heavy atom. The summed E-state index contributed by atoms with van der Waals surface area (Å²) in [6.07, 6.45) is -0.310. The van der Waals surface area contributed by atoms with Gasteiger partial charge in [-0.1, -0.05) is 6.07 Å². The van der Waals surface area contributed by atoms with E-state index in [4.69, 9.17) is 14.6 Å². The van der Waals surface area contributed by atoms with E-state index in [1.807, 2.05) is 0 Å². The molecule has 1 aromatic rings. The first kappa shape index (κ1) is 18.3. The number of aliphatic carboxylic acids is 1. The van der Waals surface area contributed by atoms with Crippen molar-refractivity contribution < 1.29 is 29.0 Å². The Labute approximate surface area is 151 Å². The predicted octanol–water partition coefficient (Wildman–Crippen LogP) is 1.12. The molecule has 3 atom stereocenters. The van der Waals surface area contributed by atoms with Crippen LogP contribution in [-0.4, -0.2) is 65.8 Å². The Bertz CT molecular complexity index is 701. The van der Waals surface area contributed by atoms with Gasteiger partial charge in [-0.2, -0.15) is 0 Å². The molecule has 3 rings (SSSR count). The fourth-order valence-corrected chi connectivity index (χ4v) is 3.17. The number of carboxylic acid groups (broad SMARTS) is 1. The lowest BCUT2D eigenvalue weighted by Gasteiger charge is -2.35. The number of morpholine rings is 1. The highest BCUT2D eigenvalue weighted by Gasteiger charge is 2.33. The van der Waals surface area contributed by atoms with Crippen LogP contribution >= 0.6 is 0 Å². The summed E-state index contributed by atoms with van der Waals surface area (Å²) in [5, 5.41) is 11.9. The molecular weight excluding hydrogens is 340 g/mol. The Morgan fingerprint density at radius 1 is 1.23 bits per heavy atom. The molecular formula is C18H22N2O6. The molecule has 140 valence electrons. The maximum atomic E-state index is 12.7. The fraction of sp³-hybridized carbons (Fsp3) is 0.500. The number of anilines is 1. The second-order valence-electron chi connectivity index (χ2n) is 6.56. The maximum Gasteiger partial charge on any atom is 0.334 e. The van der Waals surface area contributed by atoms with Crippen LogP contribution in [0.25, 0.3) is 0 Å². The van der Waals surface area contributed by atoms with Crippen LogP contribution in [-0.2, 0) is 19.1 Å². The molecule has 8 nitrogen and oxygen atoms in total. The van der Waals surface area contributed by atoms with Crippen molar-refractivity contribution in [2.75, 3.05) is 25.0 Å². The SMILES string of the molecule is C[C@@H]1CN(C(=O)c2cccc(NC(=O)C3CCCO3)c2)CC(C(=O)O)O1. The number of nitrogens with zero attached hydrogens (tertiary/aromatic N) is 1. The van der Waals surface area contributed by atoms with Crippen molar-refractivity contribution in [3.8, 4) is 0 Å². The zero-order valence-electron chi connectivity index (χ0n) is 14.5. The van der Waals surface area contributed by atoms with Gasteiger partial charge in [-0.25, -0.2) is 4.79 Å². The molecule has 2 heterocycles. The first-order valence-corrected chi connectivity index (χ1v) is 8.64. The minimum Gasteiger partial charge on any atom is -0.479 e. The number of amides is 2. The van der Waals surface area contributed by atoms with Crippen molar-refractivity contribution in [3.63, 3.8) is 0 Å². The lowest BCUT2D eigenvalue weighted by atomic mass is 10.1.